The van der Waals surface area contributed by atoms with Crippen molar-refractivity contribution in [2.24, 2.45) is 5.73 Å². The molecule has 1 aromatic carbocycles. The molecule has 1 aliphatic rings. The molecule has 4 heteroatoms. The smallest absolute Gasteiger partial charge is 0.231 e. The van der Waals surface area contributed by atoms with E-state index in [0.29, 0.717) is 6.54 Å². The van der Waals surface area contributed by atoms with Gasteiger partial charge in [-0.2, -0.15) is 0 Å². The standard InChI is InChI=1S/C7H9N.C6H12N2O/c8-6-7-4-2-1-3-5-7;1-6(9)7-8-4-2-3-5-8/h1-5H,6,8H2;2-5H2,1H3,(H,7,9). The number of benzene rings is 1. The lowest BCUT2D eigenvalue weighted by Crippen LogP contribution is -2.38. The van der Waals surface area contributed by atoms with E-state index in [-0.39, 0.29) is 5.91 Å². The van der Waals surface area contributed by atoms with Gasteiger partial charge < -0.3 is 5.73 Å². The van der Waals surface area contributed by atoms with Crippen LogP contribution < -0.4 is 11.2 Å². The predicted octanol–water partition coefficient (Wildman–Crippen LogP) is 1.28. The molecule has 1 aromatic rings. The minimum absolute atomic E-state index is 0.0388. The molecule has 2 rings (SSSR count). The minimum Gasteiger partial charge on any atom is -0.326 e. The van der Waals surface area contributed by atoms with Crippen LogP contribution in [0, 0.1) is 0 Å². The number of hydrogen-bond acceptors (Lipinski definition) is 3. The molecule has 94 valence electrons. The van der Waals surface area contributed by atoms with Crippen LogP contribution in [-0.2, 0) is 11.3 Å². The summed E-state index contributed by atoms with van der Waals surface area (Å²) in [6.45, 7) is 4.21. The summed E-state index contributed by atoms with van der Waals surface area (Å²) in [5, 5.41) is 1.96. The summed E-state index contributed by atoms with van der Waals surface area (Å²) in [4.78, 5) is 10.4. The van der Waals surface area contributed by atoms with Crippen LogP contribution in [0.25, 0.3) is 0 Å². The van der Waals surface area contributed by atoms with Crippen LogP contribution >= 0.6 is 0 Å². The maximum absolute atomic E-state index is 10.4. The minimum atomic E-state index is 0.0388. The quantitative estimate of drug-likeness (QED) is 0.812. The van der Waals surface area contributed by atoms with E-state index >= 15 is 0 Å². The average molecular weight is 235 g/mol. The van der Waals surface area contributed by atoms with E-state index in [0.717, 1.165) is 13.1 Å². The molecule has 0 bridgehead atoms. The van der Waals surface area contributed by atoms with Crippen LogP contribution in [0.15, 0.2) is 30.3 Å². The number of hydrazine groups is 1. The SMILES string of the molecule is CC(=O)NN1CCCC1.NCc1ccccc1. The molecule has 1 heterocycles. The van der Waals surface area contributed by atoms with Gasteiger partial charge in [0.25, 0.3) is 0 Å². The monoisotopic (exact) mass is 235 g/mol. The van der Waals surface area contributed by atoms with Crippen molar-refractivity contribution < 1.29 is 4.79 Å². The summed E-state index contributed by atoms with van der Waals surface area (Å²) in [7, 11) is 0. The molecule has 0 unspecified atom stereocenters. The molecule has 0 aliphatic carbocycles. The Bertz CT molecular complexity index is 321. The van der Waals surface area contributed by atoms with Crippen LogP contribution in [0.2, 0.25) is 0 Å². The summed E-state index contributed by atoms with van der Waals surface area (Å²) >= 11 is 0. The first-order chi connectivity index (χ1) is 8.22. The zero-order valence-corrected chi connectivity index (χ0v) is 10.4. The van der Waals surface area contributed by atoms with Gasteiger partial charge in [0.15, 0.2) is 0 Å². The summed E-state index contributed by atoms with van der Waals surface area (Å²) in [5.74, 6) is 0.0388. The Morgan fingerprint density at radius 2 is 1.88 bits per heavy atom. The van der Waals surface area contributed by atoms with Crippen LogP contribution in [0.5, 0.6) is 0 Å². The van der Waals surface area contributed by atoms with Crippen molar-refractivity contribution in [2.75, 3.05) is 13.1 Å². The van der Waals surface area contributed by atoms with Gasteiger partial charge in [-0.05, 0) is 18.4 Å². The molecular weight excluding hydrogens is 214 g/mol. The van der Waals surface area contributed by atoms with Crippen molar-refractivity contribution >= 4 is 5.91 Å². The molecule has 1 fully saturated rings. The Balaban J connectivity index is 0.000000171. The Morgan fingerprint density at radius 3 is 2.29 bits per heavy atom. The fourth-order valence-corrected chi connectivity index (χ4v) is 1.67. The fraction of sp³-hybridized carbons (Fsp3) is 0.462. The predicted molar refractivity (Wildman–Crippen MR) is 69.0 cm³/mol. The molecule has 1 amide bonds. The average Bonchev–Trinajstić information content (AvgIpc) is 2.83. The van der Waals surface area contributed by atoms with E-state index in [4.69, 9.17) is 5.73 Å². The largest absolute Gasteiger partial charge is 0.326 e. The zero-order valence-electron chi connectivity index (χ0n) is 10.4. The molecular formula is C13H21N3O. The second-order valence-electron chi connectivity index (χ2n) is 4.05. The highest BCUT2D eigenvalue weighted by molar-refractivity contribution is 5.72. The first kappa shape index (κ1) is 13.7. The van der Waals surface area contributed by atoms with Crippen molar-refractivity contribution in [3.63, 3.8) is 0 Å². The Morgan fingerprint density at radius 1 is 1.29 bits per heavy atom. The Hall–Kier alpha value is -1.39. The van der Waals surface area contributed by atoms with Crippen molar-refractivity contribution in [3.05, 3.63) is 35.9 Å². The molecule has 17 heavy (non-hydrogen) atoms. The number of hydrogen-bond donors (Lipinski definition) is 2. The first-order valence-electron chi connectivity index (χ1n) is 5.98. The molecule has 3 N–H and O–H groups in total. The summed E-state index contributed by atoms with van der Waals surface area (Å²) < 4.78 is 0. The van der Waals surface area contributed by atoms with E-state index in [1.165, 1.54) is 18.4 Å². The van der Waals surface area contributed by atoms with Gasteiger partial charge in [0, 0.05) is 26.6 Å². The van der Waals surface area contributed by atoms with Gasteiger partial charge in [-0.1, -0.05) is 30.3 Å². The van der Waals surface area contributed by atoms with Gasteiger partial charge in [0.2, 0.25) is 5.91 Å². The molecule has 0 saturated carbocycles. The molecule has 0 atom stereocenters. The van der Waals surface area contributed by atoms with Crippen LogP contribution in [-0.4, -0.2) is 24.0 Å². The number of nitrogens with two attached hydrogens (primary N) is 1. The molecule has 4 nitrogen and oxygen atoms in total. The third kappa shape index (κ3) is 6.04. The van der Waals surface area contributed by atoms with Crippen LogP contribution in [0.1, 0.15) is 25.3 Å². The molecule has 0 radical (unpaired) electrons. The fourth-order valence-electron chi connectivity index (χ4n) is 1.67. The normalized spacial score (nSPS) is 14.9. The van der Waals surface area contributed by atoms with E-state index < -0.39 is 0 Å². The first-order valence-corrected chi connectivity index (χ1v) is 5.98. The summed E-state index contributed by atoms with van der Waals surface area (Å²) in [6, 6.07) is 9.99. The lowest BCUT2D eigenvalue weighted by Gasteiger charge is -2.13. The maximum Gasteiger partial charge on any atom is 0.231 e. The zero-order chi connectivity index (χ0) is 12.5. The van der Waals surface area contributed by atoms with Crippen molar-refractivity contribution in [1.82, 2.24) is 10.4 Å². The second-order valence-corrected chi connectivity index (χ2v) is 4.05. The number of carbonyl (C=O) groups excluding carboxylic acids is 1. The van der Waals surface area contributed by atoms with Gasteiger partial charge in [0.1, 0.15) is 0 Å². The number of nitrogens with zero attached hydrogens (tertiary/aromatic N) is 1. The van der Waals surface area contributed by atoms with Gasteiger partial charge in [0.05, 0.1) is 0 Å². The highest BCUT2D eigenvalue weighted by Gasteiger charge is 2.10. The summed E-state index contributed by atoms with van der Waals surface area (Å²) in [6.07, 6.45) is 2.42. The van der Waals surface area contributed by atoms with Gasteiger partial charge in [-0.25, -0.2) is 5.01 Å². The van der Waals surface area contributed by atoms with Gasteiger partial charge in [-0.3, -0.25) is 10.2 Å². The van der Waals surface area contributed by atoms with Crippen LogP contribution in [0.4, 0.5) is 0 Å². The molecule has 1 saturated heterocycles. The lowest BCUT2D eigenvalue weighted by molar-refractivity contribution is -0.123. The highest BCUT2D eigenvalue weighted by Crippen LogP contribution is 2.02. The molecule has 0 spiro atoms. The van der Waals surface area contributed by atoms with Crippen molar-refractivity contribution in [2.45, 2.75) is 26.3 Å². The maximum atomic E-state index is 10.4. The highest BCUT2D eigenvalue weighted by atomic mass is 16.2. The molecule has 1 aliphatic heterocycles. The van der Waals surface area contributed by atoms with E-state index in [9.17, 15) is 4.79 Å². The van der Waals surface area contributed by atoms with Crippen molar-refractivity contribution in [3.8, 4) is 0 Å². The Kier molecular flexibility index (Phi) is 6.29. The number of amides is 1. The Labute approximate surface area is 103 Å². The number of carbonyl (C=O) groups is 1. The van der Waals surface area contributed by atoms with Gasteiger partial charge in [-0.15, -0.1) is 0 Å². The second kappa shape index (κ2) is 7.81. The van der Waals surface area contributed by atoms with E-state index in [1.807, 2.05) is 35.3 Å². The van der Waals surface area contributed by atoms with Gasteiger partial charge >= 0.3 is 0 Å². The van der Waals surface area contributed by atoms with E-state index in [2.05, 4.69) is 5.43 Å². The van der Waals surface area contributed by atoms with E-state index in [1.54, 1.807) is 6.92 Å². The van der Waals surface area contributed by atoms with Crippen LogP contribution in [0.3, 0.4) is 0 Å². The summed E-state index contributed by atoms with van der Waals surface area (Å²) in [5.41, 5.74) is 9.27. The van der Waals surface area contributed by atoms with Crippen molar-refractivity contribution in [1.29, 1.82) is 0 Å². The number of rotatable bonds is 2. The lowest BCUT2D eigenvalue weighted by atomic mass is 10.2. The topological polar surface area (TPSA) is 58.4 Å². The third-order valence-electron chi connectivity index (χ3n) is 2.50. The number of nitrogens with one attached hydrogen (secondary N) is 1. The third-order valence-corrected chi connectivity index (χ3v) is 2.50. The molecule has 0 aromatic heterocycles.